The van der Waals surface area contributed by atoms with Crippen LogP contribution in [0.4, 0.5) is 8.78 Å². The number of nitrogens with one attached hydrogen (secondary N) is 1. The van der Waals surface area contributed by atoms with Gasteiger partial charge in [-0.25, -0.2) is 8.78 Å². The molecule has 1 aromatic carbocycles. The zero-order valence-corrected chi connectivity index (χ0v) is 10.7. The number of nitrogens with zero attached hydrogens (tertiary/aromatic N) is 1. The molecule has 0 fully saturated rings. The molecule has 2 heterocycles. The second kappa shape index (κ2) is 5.02. The maximum Gasteiger partial charge on any atom is 0.169 e. The van der Waals surface area contributed by atoms with Crippen molar-refractivity contribution in [1.82, 2.24) is 10.3 Å². The van der Waals surface area contributed by atoms with Gasteiger partial charge < -0.3 is 9.73 Å². The number of para-hydroxylation sites is 1. The van der Waals surface area contributed by atoms with Crippen molar-refractivity contribution in [3.8, 4) is 0 Å². The highest BCUT2D eigenvalue weighted by atomic mass is 19.1. The van der Waals surface area contributed by atoms with Crippen LogP contribution in [0.15, 0.2) is 47.0 Å². The molecular formula is C15H12F2N2O. The third kappa shape index (κ3) is 2.16. The summed E-state index contributed by atoms with van der Waals surface area (Å²) in [6, 6.07) is 9.04. The molecule has 0 saturated heterocycles. The summed E-state index contributed by atoms with van der Waals surface area (Å²) in [7, 11) is 1.74. The van der Waals surface area contributed by atoms with Crippen molar-refractivity contribution in [2.45, 2.75) is 6.04 Å². The molecule has 2 aromatic heterocycles. The van der Waals surface area contributed by atoms with E-state index in [0.717, 1.165) is 6.20 Å². The van der Waals surface area contributed by atoms with Gasteiger partial charge in [-0.2, -0.15) is 0 Å². The Morgan fingerprint density at radius 2 is 2.05 bits per heavy atom. The van der Waals surface area contributed by atoms with Crippen molar-refractivity contribution in [3.63, 3.8) is 0 Å². The number of halogens is 2. The van der Waals surface area contributed by atoms with E-state index in [1.807, 2.05) is 0 Å². The van der Waals surface area contributed by atoms with Crippen LogP contribution in [0.25, 0.3) is 11.0 Å². The first-order chi connectivity index (χ1) is 9.69. The van der Waals surface area contributed by atoms with Crippen LogP contribution in [0.2, 0.25) is 0 Å². The summed E-state index contributed by atoms with van der Waals surface area (Å²) >= 11 is 0. The lowest BCUT2D eigenvalue weighted by molar-refractivity contribution is 0.471. The molecule has 0 amide bonds. The normalized spacial score (nSPS) is 12.8. The number of rotatable bonds is 3. The summed E-state index contributed by atoms with van der Waals surface area (Å²) in [6.45, 7) is 0. The van der Waals surface area contributed by atoms with Gasteiger partial charge in [-0.15, -0.1) is 0 Å². The molecule has 0 aliphatic carbocycles. The van der Waals surface area contributed by atoms with Gasteiger partial charge in [0, 0.05) is 5.39 Å². The first-order valence-electron chi connectivity index (χ1n) is 6.15. The molecule has 0 spiro atoms. The number of furan rings is 1. The number of fused-ring (bicyclic) bond motifs is 1. The summed E-state index contributed by atoms with van der Waals surface area (Å²) in [5.74, 6) is -0.276. The Hall–Kier alpha value is -2.27. The summed E-state index contributed by atoms with van der Waals surface area (Å²) in [6.07, 6.45) is 1.14. The Balaban J connectivity index is 2.07. The van der Waals surface area contributed by atoms with Crippen LogP contribution in [0, 0.1) is 11.6 Å². The average molecular weight is 274 g/mol. The van der Waals surface area contributed by atoms with Crippen LogP contribution in [-0.2, 0) is 0 Å². The largest absolute Gasteiger partial charge is 0.456 e. The van der Waals surface area contributed by atoms with Crippen molar-refractivity contribution in [3.05, 3.63) is 65.7 Å². The summed E-state index contributed by atoms with van der Waals surface area (Å²) < 4.78 is 32.1. The Labute approximate surface area is 114 Å². The molecule has 3 aromatic rings. The molecule has 0 saturated carbocycles. The SMILES string of the molecule is CNC(c1ccc(F)cn1)c1cc2cccc(F)c2o1. The Morgan fingerprint density at radius 1 is 1.20 bits per heavy atom. The molecule has 102 valence electrons. The molecular weight excluding hydrogens is 262 g/mol. The van der Waals surface area contributed by atoms with Crippen LogP contribution in [0.1, 0.15) is 17.5 Å². The van der Waals surface area contributed by atoms with Gasteiger partial charge in [-0.1, -0.05) is 12.1 Å². The highest BCUT2D eigenvalue weighted by Gasteiger charge is 2.19. The molecule has 1 atom stereocenters. The zero-order chi connectivity index (χ0) is 14.1. The van der Waals surface area contributed by atoms with E-state index < -0.39 is 11.6 Å². The standard InChI is InChI=1S/C15H12F2N2O/c1-18-14(12-6-5-10(16)8-19-12)13-7-9-3-2-4-11(17)15(9)20-13/h2-8,14,18H,1H3. The van der Waals surface area contributed by atoms with Gasteiger partial charge in [0.2, 0.25) is 0 Å². The third-order valence-electron chi connectivity index (χ3n) is 3.13. The molecule has 20 heavy (non-hydrogen) atoms. The van der Waals surface area contributed by atoms with Gasteiger partial charge in [-0.3, -0.25) is 4.98 Å². The van der Waals surface area contributed by atoms with Crippen molar-refractivity contribution < 1.29 is 13.2 Å². The van der Waals surface area contributed by atoms with Crippen LogP contribution in [0.5, 0.6) is 0 Å². The van der Waals surface area contributed by atoms with Gasteiger partial charge in [0.1, 0.15) is 17.6 Å². The predicted octanol–water partition coefficient (Wildman–Crippen LogP) is 3.41. The van der Waals surface area contributed by atoms with Gasteiger partial charge in [-0.05, 0) is 31.3 Å². The Morgan fingerprint density at radius 3 is 2.70 bits per heavy atom. The quantitative estimate of drug-likeness (QED) is 0.795. The zero-order valence-electron chi connectivity index (χ0n) is 10.7. The summed E-state index contributed by atoms with van der Waals surface area (Å²) in [5, 5.41) is 3.72. The predicted molar refractivity (Wildman–Crippen MR) is 71.3 cm³/mol. The van der Waals surface area contributed by atoms with Crippen LogP contribution < -0.4 is 5.32 Å². The molecule has 0 radical (unpaired) electrons. The lowest BCUT2D eigenvalue weighted by Gasteiger charge is -2.12. The molecule has 3 nitrogen and oxygen atoms in total. The van der Waals surface area contributed by atoms with Gasteiger partial charge >= 0.3 is 0 Å². The topological polar surface area (TPSA) is 38.1 Å². The minimum atomic E-state index is -0.407. The summed E-state index contributed by atoms with van der Waals surface area (Å²) in [5.41, 5.74) is 0.818. The van der Waals surface area contributed by atoms with E-state index in [4.69, 9.17) is 4.42 Å². The van der Waals surface area contributed by atoms with Crippen LogP contribution in [-0.4, -0.2) is 12.0 Å². The molecule has 1 unspecified atom stereocenters. The molecule has 0 aliphatic rings. The first kappa shape index (κ1) is 12.7. The molecule has 1 N–H and O–H groups in total. The highest BCUT2D eigenvalue weighted by Crippen LogP contribution is 2.28. The molecule has 3 rings (SSSR count). The number of benzene rings is 1. The second-order valence-electron chi connectivity index (χ2n) is 4.43. The minimum absolute atomic E-state index is 0.213. The number of hydrogen-bond acceptors (Lipinski definition) is 3. The third-order valence-corrected chi connectivity index (χ3v) is 3.13. The van der Waals surface area contributed by atoms with E-state index in [1.54, 1.807) is 31.3 Å². The monoisotopic (exact) mass is 274 g/mol. The minimum Gasteiger partial charge on any atom is -0.456 e. The first-order valence-corrected chi connectivity index (χ1v) is 6.15. The van der Waals surface area contributed by atoms with E-state index in [0.29, 0.717) is 16.8 Å². The van der Waals surface area contributed by atoms with Crippen LogP contribution >= 0.6 is 0 Å². The van der Waals surface area contributed by atoms with Crippen molar-refractivity contribution in [1.29, 1.82) is 0 Å². The fourth-order valence-corrected chi connectivity index (χ4v) is 2.18. The van der Waals surface area contributed by atoms with Crippen molar-refractivity contribution >= 4 is 11.0 Å². The Bertz CT molecular complexity index is 737. The Kier molecular flexibility index (Phi) is 3.20. The molecule has 0 aliphatic heterocycles. The van der Waals surface area contributed by atoms with Crippen LogP contribution in [0.3, 0.4) is 0 Å². The average Bonchev–Trinajstić information content (AvgIpc) is 2.87. The van der Waals surface area contributed by atoms with E-state index in [9.17, 15) is 8.78 Å². The van der Waals surface area contributed by atoms with Crippen molar-refractivity contribution in [2.75, 3.05) is 7.05 Å². The fraction of sp³-hybridized carbons (Fsp3) is 0.133. The van der Waals surface area contributed by atoms with E-state index in [2.05, 4.69) is 10.3 Å². The molecule has 5 heteroatoms. The lowest BCUT2D eigenvalue weighted by atomic mass is 10.1. The van der Waals surface area contributed by atoms with Gasteiger partial charge in [0.05, 0.1) is 11.9 Å². The maximum atomic E-state index is 13.6. The van der Waals surface area contributed by atoms with E-state index >= 15 is 0 Å². The lowest BCUT2D eigenvalue weighted by Crippen LogP contribution is -2.18. The fourth-order valence-electron chi connectivity index (χ4n) is 2.18. The van der Waals surface area contributed by atoms with Crippen molar-refractivity contribution in [2.24, 2.45) is 0 Å². The summed E-state index contributed by atoms with van der Waals surface area (Å²) in [4.78, 5) is 4.03. The highest BCUT2D eigenvalue weighted by molar-refractivity contribution is 5.78. The van der Waals surface area contributed by atoms with E-state index in [-0.39, 0.29) is 11.6 Å². The number of aromatic nitrogens is 1. The molecule has 0 bridgehead atoms. The smallest absolute Gasteiger partial charge is 0.169 e. The number of hydrogen-bond donors (Lipinski definition) is 1. The number of pyridine rings is 1. The van der Waals surface area contributed by atoms with E-state index in [1.165, 1.54) is 12.1 Å². The maximum absolute atomic E-state index is 13.6. The van der Waals surface area contributed by atoms with Gasteiger partial charge in [0.15, 0.2) is 11.4 Å². The van der Waals surface area contributed by atoms with Gasteiger partial charge in [0.25, 0.3) is 0 Å². The second-order valence-corrected chi connectivity index (χ2v) is 4.43.